The van der Waals surface area contributed by atoms with Crippen molar-refractivity contribution in [1.82, 2.24) is 25.0 Å². The van der Waals surface area contributed by atoms with Gasteiger partial charge in [-0.2, -0.15) is 5.10 Å². The van der Waals surface area contributed by atoms with Crippen LogP contribution >= 0.6 is 0 Å². The molecule has 1 saturated carbocycles. The Bertz CT molecular complexity index is 811. The monoisotopic (exact) mass is 341 g/mol. The Morgan fingerprint density at radius 2 is 2.16 bits per heavy atom. The van der Waals surface area contributed by atoms with Crippen LogP contribution in [-0.4, -0.2) is 51.1 Å². The van der Waals surface area contributed by atoms with Crippen LogP contribution in [0, 0.1) is 5.92 Å². The lowest BCUT2D eigenvalue weighted by Gasteiger charge is -2.12. The van der Waals surface area contributed by atoms with Gasteiger partial charge in [0.1, 0.15) is 0 Å². The van der Waals surface area contributed by atoms with Crippen LogP contribution in [0.15, 0.2) is 18.3 Å². The fourth-order valence-corrected chi connectivity index (χ4v) is 3.54. The van der Waals surface area contributed by atoms with Crippen LogP contribution in [0.25, 0.3) is 11.0 Å². The van der Waals surface area contributed by atoms with Gasteiger partial charge in [-0.3, -0.25) is 9.59 Å². The highest BCUT2D eigenvalue weighted by Gasteiger charge is 2.30. The van der Waals surface area contributed by atoms with Crippen molar-refractivity contribution in [3.8, 4) is 0 Å². The molecular weight excluding hydrogens is 318 g/mol. The second-order valence-corrected chi connectivity index (χ2v) is 7.00. The average Bonchev–Trinajstić information content (AvgIpc) is 3.23. The Balaban J connectivity index is 1.52. The molecule has 25 heavy (non-hydrogen) atoms. The summed E-state index contributed by atoms with van der Waals surface area (Å²) in [6.45, 7) is 4.28. The van der Waals surface area contributed by atoms with Crippen molar-refractivity contribution in [3.63, 3.8) is 0 Å². The molecule has 4 rings (SSSR count). The summed E-state index contributed by atoms with van der Waals surface area (Å²) in [5.41, 5.74) is 1.86. The highest BCUT2D eigenvalue weighted by atomic mass is 16.2. The molecule has 1 aliphatic carbocycles. The van der Waals surface area contributed by atoms with Crippen molar-refractivity contribution in [2.75, 3.05) is 19.6 Å². The maximum Gasteiger partial charge on any atom is 0.223 e. The molecule has 7 heteroatoms. The fraction of sp³-hybridized carbons (Fsp3) is 0.556. The largest absolute Gasteiger partial charge is 0.354 e. The number of amides is 2. The van der Waals surface area contributed by atoms with Gasteiger partial charge in [0.25, 0.3) is 0 Å². The van der Waals surface area contributed by atoms with Crippen LogP contribution in [0.4, 0.5) is 0 Å². The lowest BCUT2D eigenvalue weighted by atomic mass is 10.0. The standard InChI is InChI=1S/C18H23N5O2/c1-12(24)22-9-6-14(11-22)16-15-3-2-7-19-17(15)23(21-16)10-8-20-18(25)13-4-5-13/h2-3,7,13-14H,4-6,8-11H2,1H3,(H,20,25). The maximum atomic E-state index is 11.8. The van der Waals surface area contributed by atoms with Crippen molar-refractivity contribution in [2.45, 2.75) is 38.6 Å². The normalized spacial score (nSPS) is 20.2. The molecule has 0 spiro atoms. The van der Waals surface area contributed by atoms with E-state index in [9.17, 15) is 9.59 Å². The van der Waals surface area contributed by atoms with Crippen molar-refractivity contribution >= 4 is 22.8 Å². The van der Waals surface area contributed by atoms with Gasteiger partial charge in [0.15, 0.2) is 5.65 Å². The summed E-state index contributed by atoms with van der Waals surface area (Å²) >= 11 is 0. The summed E-state index contributed by atoms with van der Waals surface area (Å²) < 4.78 is 1.88. The van der Waals surface area contributed by atoms with Gasteiger partial charge in [-0.15, -0.1) is 0 Å². The van der Waals surface area contributed by atoms with Crippen molar-refractivity contribution in [3.05, 3.63) is 24.0 Å². The minimum absolute atomic E-state index is 0.118. The first-order valence-electron chi connectivity index (χ1n) is 8.98. The zero-order valence-corrected chi connectivity index (χ0v) is 14.4. The van der Waals surface area contributed by atoms with Gasteiger partial charge in [-0.1, -0.05) is 0 Å². The number of carbonyl (C=O) groups is 2. The maximum absolute atomic E-state index is 11.8. The molecule has 1 atom stereocenters. The third-order valence-corrected chi connectivity index (χ3v) is 5.13. The average molecular weight is 341 g/mol. The van der Waals surface area contributed by atoms with E-state index < -0.39 is 0 Å². The van der Waals surface area contributed by atoms with E-state index in [1.807, 2.05) is 21.7 Å². The summed E-state index contributed by atoms with van der Waals surface area (Å²) in [7, 11) is 0. The molecule has 2 aromatic heterocycles. The van der Waals surface area contributed by atoms with E-state index in [1.165, 1.54) is 0 Å². The molecule has 132 valence electrons. The molecule has 3 heterocycles. The van der Waals surface area contributed by atoms with E-state index in [0.717, 1.165) is 49.1 Å². The molecule has 7 nitrogen and oxygen atoms in total. The highest BCUT2D eigenvalue weighted by molar-refractivity contribution is 5.81. The number of nitrogens with one attached hydrogen (secondary N) is 1. The molecule has 1 aliphatic heterocycles. The Morgan fingerprint density at radius 1 is 1.32 bits per heavy atom. The van der Waals surface area contributed by atoms with Gasteiger partial charge >= 0.3 is 0 Å². The summed E-state index contributed by atoms with van der Waals surface area (Å²) in [5.74, 6) is 0.738. The first kappa shape index (κ1) is 16.1. The molecule has 1 unspecified atom stereocenters. The first-order chi connectivity index (χ1) is 12.1. The van der Waals surface area contributed by atoms with E-state index in [-0.39, 0.29) is 23.7 Å². The molecule has 1 N–H and O–H groups in total. The van der Waals surface area contributed by atoms with Crippen LogP contribution in [-0.2, 0) is 16.1 Å². The van der Waals surface area contributed by atoms with E-state index in [2.05, 4.69) is 10.3 Å². The predicted molar refractivity (Wildman–Crippen MR) is 92.9 cm³/mol. The number of aromatic nitrogens is 3. The smallest absolute Gasteiger partial charge is 0.223 e. The number of rotatable bonds is 5. The third kappa shape index (κ3) is 3.23. The minimum atomic E-state index is 0.118. The summed E-state index contributed by atoms with van der Waals surface area (Å²) in [6.07, 6.45) is 4.72. The van der Waals surface area contributed by atoms with E-state index >= 15 is 0 Å². The zero-order valence-electron chi connectivity index (χ0n) is 14.4. The Morgan fingerprint density at radius 3 is 2.88 bits per heavy atom. The highest BCUT2D eigenvalue weighted by Crippen LogP contribution is 2.31. The molecule has 2 fully saturated rings. The topological polar surface area (TPSA) is 80.1 Å². The fourth-order valence-electron chi connectivity index (χ4n) is 3.54. The summed E-state index contributed by atoms with van der Waals surface area (Å²) in [6, 6.07) is 3.96. The van der Waals surface area contributed by atoms with E-state index in [0.29, 0.717) is 13.1 Å². The molecular formula is C18H23N5O2. The third-order valence-electron chi connectivity index (χ3n) is 5.13. The van der Waals surface area contributed by atoms with Crippen LogP contribution in [0.3, 0.4) is 0 Å². The van der Waals surface area contributed by atoms with Gasteiger partial charge in [0.05, 0.1) is 12.2 Å². The summed E-state index contributed by atoms with van der Waals surface area (Å²) in [4.78, 5) is 29.7. The number of hydrogen-bond acceptors (Lipinski definition) is 4. The number of pyridine rings is 1. The zero-order chi connectivity index (χ0) is 17.4. The lowest BCUT2D eigenvalue weighted by molar-refractivity contribution is -0.127. The van der Waals surface area contributed by atoms with Crippen LogP contribution < -0.4 is 5.32 Å². The molecule has 0 radical (unpaired) electrons. The predicted octanol–water partition coefficient (Wildman–Crippen LogP) is 1.29. The summed E-state index contributed by atoms with van der Waals surface area (Å²) in [5, 5.41) is 8.81. The van der Waals surface area contributed by atoms with E-state index in [4.69, 9.17) is 5.10 Å². The quantitative estimate of drug-likeness (QED) is 0.889. The van der Waals surface area contributed by atoms with Crippen LogP contribution in [0.5, 0.6) is 0 Å². The lowest BCUT2D eigenvalue weighted by Crippen LogP contribution is -2.28. The first-order valence-corrected chi connectivity index (χ1v) is 8.98. The molecule has 2 aromatic rings. The Labute approximate surface area is 146 Å². The molecule has 2 amide bonds. The Kier molecular flexibility index (Phi) is 4.15. The van der Waals surface area contributed by atoms with Crippen LogP contribution in [0.2, 0.25) is 0 Å². The number of hydrogen-bond donors (Lipinski definition) is 1. The van der Waals surface area contributed by atoms with Gasteiger partial charge in [0.2, 0.25) is 11.8 Å². The van der Waals surface area contributed by atoms with Gasteiger partial charge < -0.3 is 10.2 Å². The molecule has 2 aliphatic rings. The van der Waals surface area contributed by atoms with Crippen molar-refractivity contribution in [1.29, 1.82) is 0 Å². The number of likely N-dealkylation sites (tertiary alicyclic amines) is 1. The van der Waals surface area contributed by atoms with Gasteiger partial charge in [-0.05, 0) is 31.4 Å². The molecule has 1 saturated heterocycles. The SMILES string of the molecule is CC(=O)N1CCC(c2nn(CCNC(=O)C3CC3)c3ncccc23)C1. The second-order valence-electron chi connectivity index (χ2n) is 7.00. The Hall–Kier alpha value is -2.44. The second kappa shape index (κ2) is 6.46. The van der Waals surface area contributed by atoms with Crippen molar-refractivity contribution in [2.24, 2.45) is 5.92 Å². The molecule has 0 bridgehead atoms. The van der Waals surface area contributed by atoms with Gasteiger partial charge in [0, 0.05) is 50.0 Å². The number of nitrogens with zero attached hydrogens (tertiary/aromatic N) is 4. The van der Waals surface area contributed by atoms with Crippen LogP contribution in [0.1, 0.15) is 37.8 Å². The minimum Gasteiger partial charge on any atom is -0.354 e. The number of carbonyl (C=O) groups excluding carboxylic acids is 2. The van der Waals surface area contributed by atoms with Gasteiger partial charge in [-0.25, -0.2) is 9.67 Å². The molecule has 0 aromatic carbocycles. The van der Waals surface area contributed by atoms with E-state index in [1.54, 1.807) is 13.1 Å². The van der Waals surface area contributed by atoms with Crippen molar-refractivity contribution < 1.29 is 9.59 Å². The number of fused-ring (bicyclic) bond motifs is 1.